The molecule has 0 aromatic rings. The predicted molar refractivity (Wildman–Crippen MR) is 124 cm³/mol. The standard InChI is InChI=1S/C27H44O3/c1-18(8-6-14-26(3,4)30)23-12-13-24-20(9-7-15-27(23,24)5)10-11-21-16-22(28)17-25(29)19(21)2/h10-11,18,22-25,28-30H,2,6-9,12-17H2,1,3-5H3/t18-,22-,23-,24+,25?,27?/m1/s1. The fourth-order valence-electron chi connectivity index (χ4n) is 6.74. The third-order valence-corrected chi connectivity index (χ3v) is 8.44. The van der Waals surface area contributed by atoms with Crippen LogP contribution in [0.25, 0.3) is 0 Å². The second-order valence-corrected chi connectivity index (χ2v) is 11.3. The van der Waals surface area contributed by atoms with Gasteiger partial charge in [0.2, 0.25) is 0 Å². The molecular weight excluding hydrogens is 372 g/mol. The van der Waals surface area contributed by atoms with E-state index in [0.29, 0.717) is 30.1 Å². The second-order valence-electron chi connectivity index (χ2n) is 11.3. The highest BCUT2D eigenvalue weighted by molar-refractivity contribution is 5.38. The van der Waals surface area contributed by atoms with Gasteiger partial charge < -0.3 is 15.3 Å². The topological polar surface area (TPSA) is 60.7 Å². The summed E-state index contributed by atoms with van der Waals surface area (Å²) in [6, 6.07) is 0. The number of fused-ring (bicyclic) bond motifs is 1. The van der Waals surface area contributed by atoms with E-state index in [4.69, 9.17) is 0 Å². The molecule has 3 N–H and O–H groups in total. The molecule has 3 aliphatic carbocycles. The van der Waals surface area contributed by atoms with Crippen LogP contribution in [-0.2, 0) is 0 Å². The van der Waals surface area contributed by atoms with Crippen molar-refractivity contribution in [3.63, 3.8) is 0 Å². The molecule has 170 valence electrons. The molecule has 3 fully saturated rings. The lowest BCUT2D eigenvalue weighted by atomic mass is 9.60. The Morgan fingerprint density at radius 3 is 2.67 bits per heavy atom. The zero-order valence-electron chi connectivity index (χ0n) is 19.7. The van der Waals surface area contributed by atoms with Gasteiger partial charge in [-0.25, -0.2) is 0 Å². The van der Waals surface area contributed by atoms with Gasteiger partial charge in [0.25, 0.3) is 0 Å². The molecule has 3 nitrogen and oxygen atoms in total. The average molecular weight is 417 g/mol. The Morgan fingerprint density at radius 1 is 1.23 bits per heavy atom. The molecule has 0 aliphatic heterocycles. The molecule has 0 saturated heterocycles. The SMILES string of the molecule is C=C1C(=CC=C2CCCC3(C)[C@@H]([C@H](C)CCCC(C)(C)O)CC[C@@H]23)C[C@@H](O)CC1O. The van der Waals surface area contributed by atoms with E-state index in [-0.39, 0.29) is 0 Å². The summed E-state index contributed by atoms with van der Waals surface area (Å²) in [5.41, 5.74) is 3.17. The Hall–Kier alpha value is -0.900. The number of allylic oxidation sites excluding steroid dienone is 3. The third kappa shape index (κ3) is 5.29. The molecule has 6 atom stereocenters. The lowest BCUT2D eigenvalue weighted by molar-refractivity contribution is 0.0596. The Kier molecular flexibility index (Phi) is 7.37. The summed E-state index contributed by atoms with van der Waals surface area (Å²) in [4.78, 5) is 0. The van der Waals surface area contributed by atoms with Gasteiger partial charge in [-0.05, 0) is 93.1 Å². The number of hydrogen-bond acceptors (Lipinski definition) is 3. The highest BCUT2D eigenvalue weighted by Crippen LogP contribution is 2.60. The van der Waals surface area contributed by atoms with Crippen molar-refractivity contribution in [3.05, 3.63) is 35.5 Å². The van der Waals surface area contributed by atoms with Crippen molar-refractivity contribution in [2.75, 3.05) is 0 Å². The summed E-state index contributed by atoms with van der Waals surface area (Å²) < 4.78 is 0. The maximum Gasteiger partial charge on any atom is 0.0811 e. The van der Waals surface area contributed by atoms with Gasteiger partial charge in [0.05, 0.1) is 17.8 Å². The summed E-state index contributed by atoms with van der Waals surface area (Å²) in [5, 5.41) is 30.2. The first kappa shape index (κ1) is 23.8. The van der Waals surface area contributed by atoms with E-state index in [1.54, 1.807) is 5.57 Å². The highest BCUT2D eigenvalue weighted by Gasteiger charge is 2.50. The molecule has 0 aromatic heterocycles. The first-order valence-electron chi connectivity index (χ1n) is 12.2. The fraction of sp³-hybridized carbons (Fsp3) is 0.778. The van der Waals surface area contributed by atoms with Crippen LogP contribution >= 0.6 is 0 Å². The van der Waals surface area contributed by atoms with Crippen molar-refractivity contribution >= 4 is 0 Å². The first-order chi connectivity index (χ1) is 14.0. The van der Waals surface area contributed by atoms with Crippen molar-refractivity contribution in [1.82, 2.24) is 0 Å². The number of aliphatic hydroxyl groups is 3. The minimum Gasteiger partial charge on any atom is -0.393 e. The molecule has 0 aromatic carbocycles. The maximum absolute atomic E-state index is 10.1. The van der Waals surface area contributed by atoms with Crippen LogP contribution in [-0.4, -0.2) is 33.1 Å². The Balaban J connectivity index is 1.70. The Labute approximate surface area is 184 Å². The summed E-state index contributed by atoms with van der Waals surface area (Å²) in [5.74, 6) is 2.11. The molecule has 30 heavy (non-hydrogen) atoms. The summed E-state index contributed by atoms with van der Waals surface area (Å²) >= 11 is 0. The molecule has 0 bridgehead atoms. The molecule has 0 spiro atoms. The van der Waals surface area contributed by atoms with Crippen LogP contribution in [0.1, 0.15) is 91.9 Å². The van der Waals surface area contributed by atoms with Crippen LogP contribution in [0.5, 0.6) is 0 Å². The smallest absolute Gasteiger partial charge is 0.0811 e. The molecule has 2 unspecified atom stereocenters. The van der Waals surface area contributed by atoms with Gasteiger partial charge in [0.15, 0.2) is 0 Å². The molecule has 0 radical (unpaired) electrons. The predicted octanol–water partition coefficient (Wildman–Crippen LogP) is 5.70. The molecule has 3 heteroatoms. The molecule has 3 aliphatic rings. The van der Waals surface area contributed by atoms with Crippen LogP contribution in [0.2, 0.25) is 0 Å². The normalized spacial score (nSPS) is 38.8. The molecule has 0 amide bonds. The van der Waals surface area contributed by atoms with E-state index >= 15 is 0 Å². The zero-order valence-corrected chi connectivity index (χ0v) is 19.7. The van der Waals surface area contributed by atoms with Gasteiger partial charge in [-0.3, -0.25) is 0 Å². The third-order valence-electron chi connectivity index (χ3n) is 8.44. The molecule has 0 heterocycles. The minimum atomic E-state index is -0.615. The number of rotatable bonds is 6. The number of hydrogen-bond donors (Lipinski definition) is 3. The first-order valence-corrected chi connectivity index (χ1v) is 12.2. The van der Waals surface area contributed by atoms with Gasteiger partial charge in [-0.15, -0.1) is 0 Å². The maximum atomic E-state index is 10.1. The lowest BCUT2D eigenvalue weighted by Gasteiger charge is -2.44. The van der Waals surface area contributed by atoms with E-state index in [2.05, 4.69) is 32.6 Å². The van der Waals surface area contributed by atoms with Crippen LogP contribution in [0.15, 0.2) is 35.5 Å². The van der Waals surface area contributed by atoms with Gasteiger partial charge >= 0.3 is 0 Å². The van der Waals surface area contributed by atoms with Crippen molar-refractivity contribution in [2.45, 2.75) is 110 Å². The summed E-state index contributed by atoms with van der Waals surface area (Å²) in [7, 11) is 0. The quantitative estimate of drug-likeness (QED) is 0.520. The lowest BCUT2D eigenvalue weighted by Crippen LogP contribution is -2.36. The van der Waals surface area contributed by atoms with Gasteiger partial charge in [-0.1, -0.05) is 51.0 Å². The highest BCUT2D eigenvalue weighted by atomic mass is 16.3. The molecule has 3 rings (SSSR count). The van der Waals surface area contributed by atoms with Crippen molar-refractivity contribution < 1.29 is 15.3 Å². The van der Waals surface area contributed by atoms with Crippen molar-refractivity contribution in [1.29, 1.82) is 0 Å². The zero-order chi connectivity index (χ0) is 22.1. The number of aliphatic hydroxyl groups excluding tert-OH is 2. The van der Waals surface area contributed by atoms with E-state index in [1.165, 1.54) is 38.5 Å². The van der Waals surface area contributed by atoms with Gasteiger partial charge in [0.1, 0.15) is 0 Å². The van der Waals surface area contributed by atoms with Crippen molar-refractivity contribution in [3.8, 4) is 0 Å². The minimum absolute atomic E-state index is 0.374. The molecular formula is C27H44O3. The van der Waals surface area contributed by atoms with Gasteiger partial charge in [0, 0.05) is 6.42 Å². The van der Waals surface area contributed by atoms with Crippen LogP contribution < -0.4 is 0 Å². The van der Waals surface area contributed by atoms with E-state index in [0.717, 1.165) is 29.9 Å². The van der Waals surface area contributed by atoms with E-state index in [1.807, 2.05) is 13.8 Å². The van der Waals surface area contributed by atoms with Crippen LogP contribution in [0.3, 0.4) is 0 Å². The average Bonchev–Trinajstić information content (AvgIpc) is 3.00. The van der Waals surface area contributed by atoms with E-state index in [9.17, 15) is 15.3 Å². The van der Waals surface area contributed by atoms with Crippen LogP contribution in [0, 0.1) is 23.2 Å². The van der Waals surface area contributed by atoms with Crippen LogP contribution in [0.4, 0.5) is 0 Å². The second kappa shape index (κ2) is 9.30. The fourth-order valence-corrected chi connectivity index (χ4v) is 6.74. The largest absolute Gasteiger partial charge is 0.393 e. The Morgan fingerprint density at radius 2 is 1.97 bits per heavy atom. The monoisotopic (exact) mass is 416 g/mol. The van der Waals surface area contributed by atoms with Gasteiger partial charge in [-0.2, -0.15) is 0 Å². The van der Waals surface area contributed by atoms with Crippen molar-refractivity contribution in [2.24, 2.45) is 23.2 Å². The molecule has 3 saturated carbocycles. The summed E-state index contributed by atoms with van der Waals surface area (Å²) in [6.07, 6.45) is 13.9. The Bertz CT molecular complexity index is 683. The van der Waals surface area contributed by atoms with E-state index < -0.39 is 17.8 Å². The summed E-state index contributed by atoms with van der Waals surface area (Å²) in [6.45, 7) is 12.8.